The topological polar surface area (TPSA) is 71.5 Å². The van der Waals surface area contributed by atoms with Gasteiger partial charge < -0.3 is 14.5 Å². The van der Waals surface area contributed by atoms with Gasteiger partial charge in [-0.25, -0.2) is 10.4 Å². The van der Waals surface area contributed by atoms with E-state index in [4.69, 9.17) is 9.47 Å². The van der Waals surface area contributed by atoms with E-state index in [0.717, 1.165) is 22.2 Å². The molecule has 0 saturated heterocycles. The quantitative estimate of drug-likeness (QED) is 0.259. The van der Waals surface area contributed by atoms with Crippen molar-refractivity contribution in [1.29, 1.82) is 0 Å². The molecule has 0 aliphatic rings. The van der Waals surface area contributed by atoms with Gasteiger partial charge in [-0.15, -0.1) is 0 Å². The van der Waals surface area contributed by atoms with Crippen LogP contribution in [0.1, 0.15) is 11.1 Å². The number of imidazole rings is 1. The van der Waals surface area contributed by atoms with Crippen LogP contribution < -0.4 is 14.9 Å². The Morgan fingerprint density at radius 3 is 2.69 bits per heavy atom. The number of nitrogens with zero attached hydrogens (tertiary/aromatic N) is 2. The van der Waals surface area contributed by atoms with Crippen LogP contribution in [-0.4, -0.2) is 23.3 Å². The number of nitrogens with one attached hydrogen (secondary N) is 2. The first-order valence-electron chi connectivity index (χ1n) is 10.3. The average molecular weight is 422 g/mol. The molecule has 5 rings (SSSR count). The smallest absolute Gasteiger partial charge is 0.222 e. The van der Waals surface area contributed by atoms with E-state index >= 15 is 0 Å². The largest absolute Gasteiger partial charge is 0.493 e. The number of benzene rings is 4. The minimum atomic E-state index is 0.457. The number of fused-ring (bicyclic) bond motifs is 2. The van der Waals surface area contributed by atoms with E-state index in [9.17, 15) is 0 Å². The molecule has 0 aliphatic heterocycles. The highest BCUT2D eigenvalue weighted by molar-refractivity contribution is 5.85. The maximum atomic E-state index is 6.08. The molecule has 4 aromatic carbocycles. The van der Waals surface area contributed by atoms with Gasteiger partial charge in [0.1, 0.15) is 6.61 Å². The van der Waals surface area contributed by atoms with Gasteiger partial charge in [-0.2, -0.15) is 5.10 Å². The molecular weight excluding hydrogens is 400 g/mol. The molecule has 5 aromatic rings. The number of H-pyrrole nitrogens is 1. The highest BCUT2D eigenvalue weighted by Crippen LogP contribution is 2.29. The Morgan fingerprint density at radius 2 is 1.78 bits per heavy atom. The highest BCUT2D eigenvalue weighted by atomic mass is 16.5. The van der Waals surface area contributed by atoms with Crippen molar-refractivity contribution in [3.8, 4) is 11.5 Å². The minimum absolute atomic E-state index is 0.457. The molecule has 0 atom stereocenters. The van der Waals surface area contributed by atoms with Crippen LogP contribution in [0.25, 0.3) is 21.8 Å². The van der Waals surface area contributed by atoms with Gasteiger partial charge in [0, 0.05) is 0 Å². The zero-order valence-corrected chi connectivity index (χ0v) is 17.6. The van der Waals surface area contributed by atoms with E-state index in [-0.39, 0.29) is 0 Å². The molecule has 6 heteroatoms. The molecule has 2 N–H and O–H groups in total. The lowest BCUT2D eigenvalue weighted by molar-refractivity contribution is 0.285. The number of ether oxygens (including phenoxy) is 2. The normalized spacial score (nSPS) is 11.3. The standard InChI is InChI=1S/C26H22N4O2/c1-31-25-15-18(16-27-30-26-28-22-11-4-5-12-23(22)29-26)13-14-24(25)32-17-20-9-6-8-19-7-2-3-10-21(19)20/h2-16H,17H2,1H3,(H2,28,29,30)/b27-16+. The molecule has 0 radical (unpaired) electrons. The van der Waals surface area contributed by atoms with Crippen molar-refractivity contribution < 1.29 is 9.47 Å². The van der Waals surface area contributed by atoms with Crippen molar-refractivity contribution in [2.24, 2.45) is 5.10 Å². The van der Waals surface area contributed by atoms with Crippen LogP contribution in [0.3, 0.4) is 0 Å². The lowest BCUT2D eigenvalue weighted by Crippen LogP contribution is -1.99. The monoisotopic (exact) mass is 422 g/mol. The predicted molar refractivity (Wildman–Crippen MR) is 129 cm³/mol. The third-order valence-corrected chi connectivity index (χ3v) is 5.22. The molecule has 0 aliphatic carbocycles. The van der Waals surface area contributed by atoms with Crippen LogP contribution in [0.2, 0.25) is 0 Å². The fourth-order valence-electron chi connectivity index (χ4n) is 3.63. The summed E-state index contributed by atoms with van der Waals surface area (Å²) < 4.78 is 11.6. The molecule has 0 fully saturated rings. The van der Waals surface area contributed by atoms with Gasteiger partial charge >= 0.3 is 0 Å². The molecule has 6 nitrogen and oxygen atoms in total. The maximum Gasteiger partial charge on any atom is 0.222 e. The highest BCUT2D eigenvalue weighted by Gasteiger charge is 2.07. The van der Waals surface area contributed by atoms with Crippen LogP contribution in [0.5, 0.6) is 11.5 Å². The number of rotatable bonds is 7. The van der Waals surface area contributed by atoms with Crippen molar-refractivity contribution >= 4 is 34.0 Å². The maximum absolute atomic E-state index is 6.08. The third-order valence-electron chi connectivity index (χ3n) is 5.22. The summed E-state index contributed by atoms with van der Waals surface area (Å²) in [6, 6.07) is 28.1. The zero-order valence-electron chi connectivity index (χ0n) is 17.6. The summed E-state index contributed by atoms with van der Waals surface area (Å²) in [5, 5.41) is 6.66. The van der Waals surface area contributed by atoms with E-state index in [0.29, 0.717) is 24.1 Å². The number of methoxy groups -OCH3 is 1. The van der Waals surface area contributed by atoms with Crippen LogP contribution in [0, 0.1) is 0 Å². The Hall–Kier alpha value is -4.32. The zero-order chi connectivity index (χ0) is 21.8. The van der Waals surface area contributed by atoms with E-state index in [1.807, 2.05) is 60.7 Å². The molecule has 1 heterocycles. The molecule has 32 heavy (non-hydrogen) atoms. The number of anilines is 1. The minimum Gasteiger partial charge on any atom is -0.493 e. The molecule has 0 bridgehead atoms. The summed E-state index contributed by atoms with van der Waals surface area (Å²) in [6.45, 7) is 0.457. The Balaban J connectivity index is 1.28. The lowest BCUT2D eigenvalue weighted by atomic mass is 10.1. The van der Waals surface area contributed by atoms with Crippen LogP contribution in [0.4, 0.5) is 5.95 Å². The van der Waals surface area contributed by atoms with Crippen molar-refractivity contribution in [3.05, 3.63) is 96.1 Å². The number of hydrazone groups is 1. The SMILES string of the molecule is COc1cc(/C=N/Nc2nc3ccccc3[nH]2)ccc1OCc1cccc2ccccc12. The summed E-state index contributed by atoms with van der Waals surface area (Å²) in [4.78, 5) is 7.62. The third kappa shape index (κ3) is 4.11. The number of aromatic nitrogens is 2. The van der Waals surface area contributed by atoms with Crippen molar-refractivity contribution in [3.63, 3.8) is 0 Å². The Bertz CT molecular complexity index is 1370. The van der Waals surface area contributed by atoms with Gasteiger partial charge in [-0.1, -0.05) is 54.6 Å². The van der Waals surface area contributed by atoms with Crippen molar-refractivity contribution in [2.45, 2.75) is 6.61 Å². The summed E-state index contributed by atoms with van der Waals surface area (Å²) in [6.07, 6.45) is 1.71. The van der Waals surface area contributed by atoms with E-state index < -0.39 is 0 Å². The Morgan fingerprint density at radius 1 is 0.938 bits per heavy atom. The second-order valence-corrected chi connectivity index (χ2v) is 7.31. The van der Waals surface area contributed by atoms with Gasteiger partial charge in [0.2, 0.25) is 5.95 Å². The van der Waals surface area contributed by atoms with Gasteiger partial charge in [0.05, 0.1) is 24.4 Å². The van der Waals surface area contributed by atoms with Gasteiger partial charge in [0.25, 0.3) is 0 Å². The summed E-state index contributed by atoms with van der Waals surface area (Å²) in [5.41, 5.74) is 6.78. The molecule has 0 saturated carbocycles. The number of hydrogen-bond donors (Lipinski definition) is 2. The molecule has 1 aromatic heterocycles. The van der Waals surface area contributed by atoms with Crippen molar-refractivity contribution in [2.75, 3.05) is 12.5 Å². The predicted octanol–water partition coefficient (Wildman–Crippen LogP) is 5.75. The van der Waals surface area contributed by atoms with E-state index in [1.54, 1.807) is 13.3 Å². The Kier molecular flexibility index (Phi) is 5.41. The first-order chi connectivity index (χ1) is 15.8. The second-order valence-electron chi connectivity index (χ2n) is 7.31. The molecule has 0 unspecified atom stereocenters. The lowest BCUT2D eigenvalue weighted by Gasteiger charge is -2.12. The summed E-state index contributed by atoms with van der Waals surface area (Å²) >= 11 is 0. The molecule has 0 spiro atoms. The summed E-state index contributed by atoms with van der Waals surface area (Å²) in [7, 11) is 1.63. The van der Waals surface area contributed by atoms with Crippen molar-refractivity contribution in [1.82, 2.24) is 9.97 Å². The average Bonchev–Trinajstić information content (AvgIpc) is 3.26. The van der Waals surface area contributed by atoms with Gasteiger partial charge in [-0.3, -0.25) is 0 Å². The van der Waals surface area contributed by atoms with Crippen LogP contribution in [0.15, 0.2) is 90.0 Å². The van der Waals surface area contributed by atoms with E-state index in [2.05, 4.69) is 44.8 Å². The van der Waals surface area contributed by atoms with Crippen LogP contribution >= 0.6 is 0 Å². The fourth-order valence-corrected chi connectivity index (χ4v) is 3.63. The van der Waals surface area contributed by atoms with E-state index in [1.165, 1.54) is 10.8 Å². The first-order valence-corrected chi connectivity index (χ1v) is 10.3. The van der Waals surface area contributed by atoms with Crippen LogP contribution in [-0.2, 0) is 6.61 Å². The number of para-hydroxylation sites is 2. The molecular formula is C26H22N4O2. The molecule has 158 valence electrons. The number of aromatic amines is 1. The number of hydrogen-bond acceptors (Lipinski definition) is 5. The fraction of sp³-hybridized carbons (Fsp3) is 0.0769. The molecule has 0 amide bonds. The summed E-state index contributed by atoms with van der Waals surface area (Å²) in [5.74, 6) is 1.92. The second kappa shape index (κ2) is 8.81. The van der Waals surface area contributed by atoms with Gasteiger partial charge in [-0.05, 0) is 52.2 Å². The van der Waals surface area contributed by atoms with Gasteiger partial charge in [0.15, 0.2) is 11.5 Å². The first kappa shape index (κ1) is 19.6. The Labute approximate surface area is 185 Å².